The van der Waals surface area contributed by atoms with Gasteiger partial charge in [-0.3, -0.25) is 18.8 Å². The fraction of sp³-hybridized carbons (Fsp3) is 0.643. The van der Waals surface area contributed by atoms with Gasteiger partial charge in [0.2, 0.25) is 5.12 Å². The van der Waals surface area contributed by atoms with E-state index >= 15 is 0 Å². The number of hydrogen-bond acceptors (Lipinski definition) is 7. The van der Waals surface area contributed by atoms with Gasteiger partial charge in [0.25, 0.3) is 0 Å². The molecule has 0 saturated carbocycles. The summed E-state index contributed by atoms with van der Waals surface area (Å²) in [5.74, 6) is -0.330. The Kier molecular flexibility index (Phi) is 56.8. The summed E-state index contributed by atoms with van der Waals surface area (Å²) in [6.07, 6.45) is 2.54. The van der Waals surface area contributed by atoms with Crippen LogP contribution in [-0.4, -0.2) is 59.0 Å². The van der Waals surface area contributed by atoms with E-state index in [1.807, 2.05) is 23.1 Å². The standard InChI is InChI=1S/C16H16ClNO3S.12CH4.H2O4S/c1-21-16(20)15(11-4-2-3-5-12(11)17)18-7-6-13-10(9-18)8-14(19)22-13;;;;;;;;;;;;;1-5(2,3)4/h2-5,8,13,15H,6-7,9H2,1H3;12*1H4;(H2,1,2,3,4). The second-order valence-corrected chi connectivity index (χ2v) is 8.31. The van der Waals surface area contributed by atoms with E-state index in [0.29, 0.717) is 11.6 Å². The molecular weight excluding hydrogens is 562 g/mol. The van der Waals surface area contributed by atoms with E-state index in [1.54, 1.807) is 12.1 Å². The predicted octanol–water partition coefficient (Wildman–Crippen LogP) is 9.81. The summed E-state index contributed by atoms with van der Waals surface area (Å²) in [5.41, 5.74) is 1.83. The zero-order valence-corrected chi connectivity index (χ0v) is 16.6. The minimum atomic E-state index is -4.67. The third-order valence-corrected chi connectivity index (χ3v) is 5.55. The summed E-state index contributed by atoms with van der Waals surface area (Å²) >= 11 is 7.64. The molecule has 1 aromatic carbocycles. The van der Waals surface area contributed by atoms with E-state index in [2.05, 4.69) is 0 Å². The Morgan fingerprint density at radius 1 is 0.974 bits per heavy atom. The molecule has 2 N–H and O–H groups in total. The van der Waals surface area contributed by atoms with E-state index in [0.717, 1.165) is 24.1 Å². The topological polar surface area (TPSA) is 121 Å². The number of methoxy groups -OCH3 is 1. The van der Waals surface area contributed by atoms with E-state index in [1.165, 1.54) is 18.9 Å². The number of thioether (sulfide) groups is 1. The Labute approximate surface area is 254 Å². The molecule has 1 saturated heterocycles. The molecule has 2 heterocycles. The molecule has 1 fully saturated rings. The molecule has 11 heteroatoms. The molecule has 0 spiro atoms. The van der Waals surface area contributed by atoms with E-state index in [9.17, 15) is 9.59 Å². The number of ether oxygens (including phenoxy) is 1. The molecule has 0 aliphatic carbocycles. The zero-order chi connectivity index (χ0) is 20.2. The largest absolute Gasteiger partial charge is 0.468 e. The number of esters is 1. The van der Waals surface area contributed by atoms with Crippen LogP contribution >= 0.6 is 23.4 Å². The molecule has 0 bridgehead atoms. The number of carbonyl (C=O) groups excluding carboxylic acids is 2. The molecule has 8 nitrogen and oxygen atoms in total. The highest BCUT2D eigenvalue weighted by molar-refractivity contribution is 8.15. The van der Waals surface area contributed by atoms with Crippen molar-refractivity contribution >= 4 is 44.8 Å². The molecule has 2 aliphatic heterocycles. The number of benzene rings is 1. The summed E-state index contributed by atoms with van der Waals surface area (Å²) in [6.45, 7) is 1.32. The molecule has 2 aliphatic rings. The van der Waals surface area contributed by atoms with Gasteiger partial charge in [-0.2, -0.15) is 8.42 Å². The van der Waals surface area contributed by atoms with Gasteiger partial charge in [0.1, 0.15) is 6.04 Å². The molecule has 2 unspecified atom stereocenters. The second-order valence-electron chi connectivity index (χ2n) is 5.80. The van der Waals surface area contributed by atoms with Crippen LogP contribution in [0.3, 0.4) is 0 Å². The number of nitrogens with zero attached hydrogens (tertiary/aromatic N) is 1. The lowest BCUT2D eigenvalue weighted by molar-refractivity contribution is -0.147. The number of rotatable bonds is 3. The Hall–Kier alpha value is -1.43. The molecule has 1 aromatic rings. The Bertz CT molecular complexity index is 855. The molecular formula is C28H66ClNO7S2. The van der Waals surface area contributed by atoms with Crippen LogP contribution in [0.5, 0.6) is 0 Å². The average Bonchev–Trinajstić information content (AvgIpc) is 2.94. The van der Waals surface area contributed by atoms with Gasteiger partial charge in [0.15, 0.2) is 0 Å². The fourth-order valence-corrected chi connectivity index (χ4v) is 4.24. The van der Waals surface area contributed by atoms with E-state index in [-0.39, 0.29) is 105 Å². The highest BCUT2D eigenvalue weighted by Gasteiger charge is 2.37. The minimum Gasteiger partial charge on any atom is -0.468 e. The normalized spacial score (nSPS) is 14.4. The first-order chi connectivity index (χ1) is 12.6. The first kappa shape index (κ1) is 71.2. The third kappa shape index (κ3) is 22.0. The van der Waals surface area contributed by atoms with Crippen molar-refractivity contribution in [2.24, 2.45) is 0 Å². The molecule has 2 atom stereocenters. The van der Waals surface area contributed by atoms with Gasteiger partial charge in [-0.15, -0.1) is 0 Å². The van der Waals surface area contributed by atoms with Crippen molar-refractivity contribution in [2.45, 2.75) is 107 Å². The van der Waals surface area contributed by atoms with Crippen molar-refractivity contribution in [1.29, 1.82) is 0 Å². The quantitative estimate of drug-likeness (QED) is 0.249. The maximum atomic E-state index is 12.3. The number of halogens is 1. The van der Waals surface area contributed by atoms with Crippen LogP contribution < -0.4 is 0 Å². The van der Waals surface area contributed by atoms with Crippen LogP contribution in [0.2, 0.25) is 5.02 Å². The van der Waals surface area contributed by atoms with Crippen molar-refractivity contribution < 1.29 is 31.8 Å². The van der Waals surface area contributed by atoms with Crippen LogP contribution in [0.4, 0.5) is 0 Å². The molecule has 0 amide bonds. The maximum Gasteiger partial charge on any atom is 0.394 e. The lowest BCUT2D eigenvalue weighted by atomic mass is 9.98. The first-order valence-corrected chi connectivity index (χ1v) is 10.4. The summed E-state index contributed by atoms with van der Waals surface area (Å²) in [6, 6.07) is 6.77. The van der Waals surface area contributed by atoms with Crippen molar-refractivity contribution in [2.75, 3.05) is 20.2 Å². The molecule has 39 heavy (non-hydrogen) atoms. The maximum absolute atomic E-state index is 12.3. The zero-order valence-electron chi connectivity index (χ0n) is 14.2. The van der Waals surface area contributed by atoms with Crippen LogP contribution in [0, 0.1) is 0 Å². The van der Waals surface area contributed by atoms with Crippen LogP contribution in [0.15, 0.2) is 35.9 Å². The fourth-order valence-electron chi connectivity index (χ4n) is 2.98. The van der Waals surface area contributed by atoms with Crippen LogP contribution in [0.25, 0.3) is 0 Å². The number of carbonyl (C=O) groups is 2. The summed E-state index contributed by atoms with van der Waals surface area (Å²) in [5, 5.41) is 0.911. The molecule has 0 radical (unpaired) electrons. The molecule has 244 valence electrons. The van der Waals surface area contributed by atoms with Crippen LogP contribution in [-0.2, 0) is 24.7 Å². The van der Waals surface area contributed by atoms with E-state index < -0.39 is 16.4 Å². The lowest BCUT2D eigenvalue weighted by Crippen LogP contribution is -2.42. The third-order valence-electron chi connectivity index (χ3n) is 4.03. The van der Waals surface area contributed by atoms with Crippen molar-refractivity contribution in [3.63, 3.8) is 0 Å². The summed E-state index contributed by atoms with van der Waals surface area (Å²) in [7, 11) is -3.28. The van der Waals surface area contributed by atoms with Gasteiger partial charge in [0, 0.05) is 23.4 Å². The van der Waals surface area contributed by atoms with Gasteiger partial charge < -0.3 is 4.74 Å². The van der Waals surface area contributed by atoms with E-state index in [4.69, 9.17) is 33.9 Å². The first-order valence-electron chi connectivity index (χ1n) is 7.77. The monoisotopic (exact) mass is 627 g/mol. The SMILES string of the molecule is C.C.C.C.C.C.C.C.C.C.C.C.COC(=O)C(c1ccccc1Cl)N1CCC2SC(=O)C=C2C1.O=S(=O)(O)O. The Morgan fingerprint density at radius 3 is 1.82 bits per heavy atom. The number of likely N-dealkylation sites (tertiary alicyclic amines) is 1. The van der Waals surface area contributed by atoms with Crippen molar-refractivity contribution in [3.8, 4) is 0 Å². The van der Waals surface area contributed by atoms with Crippen LogP contribution in [0.1, 0.15) is 107 Å². The second kappa shape index (κ2) is 31.1. The Balaban J connectivity index is -0.0000000476. The average molecular weight is 628 g/mol. The van der Waals surface area contributed by atoms with Gasteiger partial charge in [-0.25, -0.2) is 4.79 Å². The van der Waals surface area contributed by atoms with Gasteiger partial charge in [-0.1, -0.05) is 131 Å². The van der Waals surface area contributed by atoms with Gasteiger partial charge in [-0.05, 0) is 29.7 Å². The number of piperidine rings is 1. The molecule has 0 aromatic heterocycles. The smallest absolute Gasteiger partial charge is 0.394 e. The van der Waals surface area contributed by atoms with Gasteiger partial charge in [0.05, 0.1) is 7.11 Å². The summed E-state index contributed by atoms with van der Waals surface area (Å²) < 4.78 is 36.6. The van der Waals surface area contributed by atoms with Crippen molar-refractivity contribution in [1.82, 2.24) is 4.90 Å². The highest BCUT2D eigenvalue weighted by atomic mass is 35.5. The lowest BCUT2D eigenvalue weighted by Gasteiger charge is -2.36. The van der Waals surface area contributed by atoms with Crippen molar-refractivity contribution in [3.05, 3.63) is 46.5 Å². The highest BCUT2D eigenvalue weighted by Crippen LogP contribution is 2.38. The number of fused-ring (bicyclic) bond motifs is 1. The number of hydrogen-bond donors (Lipinski definition) is 2. The molecule has 3 rings (SSSR count). The minimum absolute atomic E-state index is 0. The van der Waals surface area contributed by atoms with Gasteiger partial charge >= 0.3 is 16.4 Å². The predicted molar refractivity (Wildman–Crippen MR) is 182 cm³/mol. The Morgan fingerprint density at radius 2 is 1.41 bits per heavy atom. The summed E-state index contributed by atoms with van der Waals surface area (Å²) in [4.78, 5) is 25.9.